The summed E-state index contributed by atoms with van der Waals surface area (Å²) < 4.78 is 41.0. The number of carboxylic acids is 1. The summed E-state index contributed by atoms with van der Waals surface area (Å²) in [4.78, 5) is 14.1. The van der Waals surface area contributed by atoms with Gasteiger partial charge >= 0.3 is 12.1 Å². The number of carbonyl (C=O) groups is 1. The molecule has 0 saturated carbocycles. The van der Waals surface area contributed by atoms with E-state index in [0.717, 1.165) is 19.2 Å². The molecule has 1 rings (SSSR count). The van der Waals surface area contributed by atoms with Crippen molar-refractivity contribution >= 4 is 5.97 Å². The Kier molecular flexibility index (Phi) is 3.36. The van der Waals surface area contributed by atoms with Gasteiger partial charge in [0.1, 0.15) is 5.56 Å². The minimum atomic E-state index is -4.56. The van der Waals surface area contributed by atoms with Crippen LogP contribution in [0.5, 0.6) is 5.88 Å². The van der Waals surface area contributed by atoms with Crippen molar-refractivity contribution in [3.63, 3.8) is 0 Å². The first-order chi connectivity index (χ1) is 7.32. The number of alkyl halides is 3. The summed E-state index contributed by atoms with van der Waals surface area (Å²) in [5, 5.41) is 8.68. The van der Waals surface area contributed by atoms with E-state index < -0.39 is 29.7 Å². The second-order valence-corrected chi connectivity index (χ2v) is 2.96. The lowest BCUT2D eigenvalue weighted by Crippen LogP contribution is -2.32. The maximum Gasteiger partial charge on any atom is 0.425 e. The monoisotopic (exact) mass is 235 g/mol. The molecular weight excluding hydrogens is 227 g/mol. The van der Waals surface area contributed by atoms with Crippen LogP contribution < -0.4 is 4.74 Å². The van der Waals surface area contributed by atoms with Crippen LogP contribution in [0.4, 0.5) is 13.2 Å². The molecule has 1 heterocycles. The zero-order valence-corrected chi connectivity index (χ0v) is 8.15. The number of halogens is 3. The third-order valence-electron chi connectivity index (χ3n) is 1.75. The van der Waals surface area contributed by atoms with Gasteiger partial charge in [0.25, 0.3) is 0 Å². The number of carboxylic acid groups (broad SMARTS) is 1. The molecule has 4 nitrogen and oxygen atoms in total. The highest BCUT2D eigenvalue weighted by molar-refractivity contribution is 5.90. The van der Waals surface area contributed by atoms with Crippen LogP contribution in [0.15, 0.2) is 18.3 Å². The van der Waals surface area contributed by atoms with Gasteiger partial charge in [-0.05, 0) is 19.1 Å². The van der Waals surface area contributed by atoms with Crippen LogP contribution in [0.2, 0.25) is 0 Å². The van der Waals surface area contributed by atoms with E-state index in [2.05, 4.69) is 9.72 Å². The Morgan fingerprint density at radius 3 is 2.69 bits per heavy atom. The molecule has 1 aromatic heterocycles. The number of aromatic nitrogens is 1. The number of aromatic carboxylic acids is 1. The summed E-state index contributed by atoms with van der Waals surface area (Å²) in [6, 6.07) is 2.42. The number of rotatable bonds is 3. The number of pyridine rings is 1. The second-order valence-electron chi connectivity index (χ2n) is 2.96. The van der Waals surface area contributed by atoms with Crippen LogP contribution in [0, 0.1) is 0 Å². The van der Waals surface area contributed by atoms with Crippen LogP contribution in [0.3, 0.4) is 0 Å². The molecule has 1 N–H and O–H groups in total. The predicted octanol–water partition coefficient (Wildman–Crippen LogP) is 2.11. The SMILES string of the molecule is CC(Oc1ncccc1C(=O)O)C(F)(F)F. The number of nitrogens with zero attached hydrogens (tertiary/aromatic N) is 1. The molecule has 1 unspecified atom stereocenters. The highest BCUT2D eigenvalue weighted by Crippen LogP contribution is 2.25. The molecule has 0 spiro atoms. The Labute approximate surface area is 88.7 Å². The second kappa shape index (κ2) is 4.38. The van der Waals surface area contributed by atoms with Crippen LogP contribution in [0.1, 0.15) is 17.3 Å². The molecule has 0 fully saturated rings. The molecule has 0 bridgehead atoms. The minimum Gasteiger partial charge on any atom is -0.477 e. The molecule has 0 aromatic carbocycles. The fourth-order valence-corrected chi connectivity index (χ4v) is 0.882. The number of hydrogen-bond acceptors (Lipinski definition) is 3. The van der Waals surface area contributed by atoms with Crippen molar-refractivity contribution in [3.05, 3.63) is 23.9 Å². The fraction of sp³-hybridized carbons (Fsp3) is 0.333. The van der Waals surface area contributed by atoms with Crippen LogP contribution in [-0.2, 0) is 0 Å². The molecule has 88 valence electrons. The number of ether oxygens (including phenoxy) is 1. The lowest BCUT2D eigenvalue weighted by atomic mass is 10.3. The first-order valence-electron chi connectivity index (χ1n) is 4.24. The Bertz CT molecular complexity index is 392. The smallest absolute Gasteiger partial charge is 0.425 e. The van der Waals surface area contributed by atoms with E-state index in [4.69, 9.17) is 5.11 Å². The summed E-state index contributed by atoms with van der Waals surface area (Å²) in [5.74, 6) is -1.93. The Hall–Kier alpha value is -1.79. The predicted molar refractivity (Wildman–Crippen MR) is 47.3 cm³/mol. The minimum absolute atomic E-state index is 0.404. The summed E-state index contributed by atoms with van der Waals surface area (Å²) in [6.45, 7) is 0.778. The lowest BCUT2D eigenvalue weighted by molar-refractivity contribution is -0.190. The van der Waals surface area contributed by atoms with Crippen molar-refractivity contribution in [3.8, 4) is 5.88 Å². The summed E-state index contributed by atoms with van der Waals surface area (Å²) in [5.41, 5.74) is -0.404. The van der Waals surface area contributed by atoms with Crippen molar-refractivity contribution < 1.29 is 27.8 Å². The summed E-state index contributed by atoms with van der Waals surface area (Å²) >= 11 is 0. The molecular formula is C9H8F3NO3. The third kappa shape index (κ3) is 2.85. The van der Waals surface area contributed by atoms with Gasteiger partial charge in [0, 0.05) is 6.20 Å². The highest BCUT2D eigenvalue weighted by atomic mass is 19.4. The van der Waals surface area contributed by atoms with E-state index in [-0.39, 0.29) is 0 Å². The van der Waals surface area contributed by atoms with Gasteiger partial charge in [0.05, 0.1) is 0 Å². The van der Waals surface area contributed by atoms with Gasteiger partial charge in [-0.25, -0.2) is 9.78 Å². The first kappa shape index (κ1) is 12.3. The zero-order chi connectivity index (χ0) is 12.3. The van der Waals surface area contributed by atoms with E-state index in [1.807, 2.05) is 0 Å². The van der Waals surface area contributed by atoms with Crippen molar-refractivity contribution in [2.75, 3.05) is 0 Å². The fourth-order valence-electron chi connectivity index (χ4n) is 0.882. The molecule has 0 saturated heterocycles. The lowest BCUT2D eigenvalue weighted by Gasteiger charge is -2.17. The van der Waals surface area contributed by atoms with Crippen LogP contribution >= 0.6 is 0 Å². The van der Waals surface area contributed by atoms with Gasteiger partial charge in [0.2, 0.25) is 5.88 Å². The van der Waals surface area contributed by atoms with Gasteiger partial charge < -0.3 is 9.84 Å². The quantitative estimate of drug-likeness (QED) is 0.871. The third-order valence-corrected chi connectivity index (χ3v) is 1.75. The molecule has 0 amide bonds. The Morgan fingerprint density at radius 2 is 2.19 bits per heavy atom. The van der Waals surface area contributed by atoms with Crippen molar-refractivity contribution in [1.29, 1.82) is 0 Å². The Morgan fingerprint density at radius 1 is 1.56 bits per heavy atom. The molecule has 0 aliphatic heterocycles. The molecule has 1 aromatic rings. The molecule has 0 radical (unpaired) electrons. The molecule has 7 heteroatoms. The molecule has 0 aliphatic rings. The zero-order valence-electron chi connectivity index (χ0n) is 8.15. The normalized spacial score (nSPS) is 13.2. The van der Waals surface area contributed by atoms with E-state index >= 15 is 0 Å². The standard InChI is InChI=1S/C9H8F3NO3/c1-5(9(10,11)12)16-7-6(8(14)15)3-2-4-13-7/h2-5H,1H3,(H,14,15). The summed E-state index contributed by atoms with van der Waals surface area (Å²) in [6.07, 6.45) is -5.52. The first-order valence-corrected chi connectivity index (χ1v) is 4.24. The maximum absolute atomic E-state index is 12.2. The van der Waals surface area contributed by atoms with Crippen molar-refractivity contribution in [2.45, 2.75) is 19.2 Å². The average molecular weight is 235 g/mol. The average Bonchev–Trinajstić information content (AvgIpc) is 2.16. The van der Waals surface area contributed by atoms with Gasteiger partial charge in [0.15, 0.2) is 6.10 Å². The van der Waals surface area contributed by atoms with Crippen molar-refractivity contribution in [1.82, 2.24) is 4.98 Å². The Balaban J connectivity index is 2.93. The molecule has 16 heavy (non-hydrogen) atoms. The van der Waals surface area contributed by atoms with Crippen LogP contribution in [0.25, 0.3) is 0 Å². The van der Waals surface area contributed by atoms with Crippen LogP contribution in [-0.4, -0.2) is 28.3 Å². The summed E-state index contributed by atoms with van der Waals surface area (Å²) in [7, 11) is 0. The van der Waals surface area contributed by atoms with Gasteiger partial charge in [-0.3, -0.25) is 0 Å². The highest BCUT2D eigenvalue weighted by Gasteiger charge is 2.38. The maximum atomic E-state index is 12.2. The van der Waals surface area contributed by atoms with Crippen molar-refractivity contribution in [2.24, 2.45) is 0 Å². The van der Waals surface area contributed by atoms with E-state index in [9.17, 15) is 18.0 Å². The van der Waals surface area contributed by atoms with E-state index in [1.54, 1.807) is 0 Å². The molecule has 1 atom stereocenters. The molecule has 0 aliphatic carbocycles. The van der Waals surface area contributed by atoms with E-state index in [1.165, 1.54) is 6.07 Å². The topological polar surface area (TPSA) is 59.4 Å². The number of hydrogen-bond donors (Lipinski definition) is 1. The van der Waals surface area contributed by atoms with Gasteiger partial charge in [-0.1, -0.05) is 0 Å². The van der Waals surface area contributed by atoms with Gasteiger partial charge in [-0.2, -0.15) is 13.2 Å². The largest absolute Gasteiger partial charge is 0.477 e. The van der Waals surface area contributed by atoms with Gasteiger partial charge in [-0.15, -0.1) is 0 Å². The van der Waals surface area contributed by atoms with E-state index in [0.29, 0.717) is 0 Å².